The van der Waals surface area contributed by atoms with E-state index in [1.54, 1.807) is 12.1 Å². The molecule has 0 aliphatic heterocycles. The van der Waals surface area contributed by atoms with Gasteiger partial charge in [-0.3, -0.25) is 4.79 Å². The van der Waals surface area contributed by atoms with Crippen LogP contribution in [0.15, 0.2) is 36.7 Å². The van der Waals surface area contributed by atoms with Crippen LogP contribution in [0.4, 0.5) is 11.6 Å². The Labute approximate surface area is 121 Å². The molecule has 1 aromatic heterocycles. The molecule has 1 amide bonds. The van der Waals surface area contributed by atoms with Gasteiger partial charge in [0.25, 0.3) is 5.91 Å². The normalized spacial score (nSPS) is 13.8. The maximum absolute atomic E-state index is 11.8. The molecule has 0 spiro atoms. The minimum atomic E-state index is -0.123. The van der Waals surface area contributed by atoms with Gasteiger partial charge in [-0.05, 0) is 31.0 Å². The van der Waals surface area contributed by atoms with Gasteiger partial charge >= 0.3 is 0 Å². The van der Waals surface area contributed by atoms with Crippen LogP contribution in [0.5, 0.6) is 0 Å². The molecule has 1 fully saturated rings. The topological polar surface area (TPSA) is 66.9 Å². The number of hydrogen-bond acceptors (Lipinski definition) is 4. The zero-order valence-corrected chi connectivity index (χ0v) is 11.4. The lowest BCUT2D eigenvalue weighted by atomic mass is 10.3. The Bertz CT molecular complexity index is 625. The molecule has 1 saturated carbocycles. The smallest absolute Gasteiger partial charge is 0.254 e. The summed E-state index contributed by atoms with van der Waals surface area (Å²) in [6.07, 6.45) is 5.14. The van der Waals surface area contributed by atoms with Gasteiger partial charge in [0.1, 0.15) is 0 Å². The molecular formula is C14H13ClN4O. The van der Waals surface area contributed by atoms with E-state index >= 15 is 0 Å². The van der Waals surface area contributed by atoms with Gasteiger partial charge in [-0.2, -0.15) is 0 Å². The molecular weight excluding hydrogens is 276 g/mol. The van der Waals surface area contributed by atoms with Crippen molar-refractivity contribution in [3.8, 4) is 0 Å². The van der Waals surface area contributed by atoms with E-state index in [0.29, 0.717) is 22.6 Å². The van der Waals surface area contributed by atoms with Crippen LogP contribution in [-0.2, 0) is 0 Å². The number of hydrogen-bond donors (Lipinski definition) is 2. The molecule has 0 unspecified atom stereocenters. The largest absolute Gasteiger partial charge is 0.349 e. The van der Waals surface area contributed by atoms with Crippen LogP contribution in [-0.4, -0.2) is 21.9 Å². The first kappa shape index (κ1) is 12.9. The van der Waals surface area contributed by atoms with Gasteiger partial charge < -0.3 is 10.6 Å². The fraction of sp³-hybridized carbons (Fsp3) is 0.214. The summed E-state index contributed by atoms with van der Waals surface area (Å²) >= 11 is 5.90. The second kappa shape index (κ2) is 5.46. The maximum Gasteiger partial charge on any atom is 0.254 e. The second-order valence-corrected chi connectivity index (χ2v) is 5.11. The summed E-state index contributed by atoms with van der Waals surface area (Å²) in [4.78, 5) is 20.0. The molecule has 1 aliphatic carbocycles. The van der Waals surface area contributed by atoms with Crippen molar-refractivity contribution in [2.24, 2.45) is 0 Å². The Morgan fingerprint density at radius 3 is 2.65 bits per heavy atom. The van der Waals surface area contributed by atoms with E-state index < -0.39 is 0 Å². The molecule has 0 radical (unpaired) electrons. The first-order valence-electron chi connectivity index (χ1n) is 6.36. The summed E-state index contributed by atoms with van der Waals surface area (Å²) in [7, 11) is 0. The monoisotopic (exact) mass is 288 g/mol. The van der Waals surface area contributed by atoms with Gasteiger partial charge in [-0.1, -0.05) is 17.7 Å². The maximum atomic E-state index is 11.8. The minimum Gasteiger partial charge on any atom is -0.349 e. The first-order chi connectivity index (χ1) is 9.70. The van der Waals surface area contributed by atoms with Crippen LogP contribution in [0.25, 0.3) is 0 Å². The fourth-order valence-electron chi connectivity index (χ4n) is 1.70. The van der Waals surface area contributed by atoms with Gasteiger partial charge in [0.05, 0.1) is 5.56 Å². The highest BCUT2D eigenvalue weighted by molar-refractivity contribution is 6.30. The Morgan fingerprint density at radius 2 is 2.00 bits per heavy atom. The van der Waals surface area contributed by atoms with Gasteiger partial charge in [0.2, 0.25) is 5.95 Å². The van der Waals surface area contributed by atoms with Crippen LogP contribution in [0.2, 0.25) is 5.02 Å². The Hall–Kier alpha value is -2.14. The lowest BCUT2D eigenvalue weighted by molar-refractivity contribution is 0.0950. The summed E-state index contributed by atoms with van der Waals surface area (Å²) in [5.74, 6) is 0.303. The van der Waals surface area contributed by atoms with E-state index in [1.165, 1.54) is 12.4 Å². The van der Waals surface area contributed by atoms with E-state index in [-0.39, 0.29) is 5.91 Å². The quantitative estimate of drug-likeness (QED) is 0.908. The third-order valence-corrected chi connectivity index (χ3v) is 3.14. The molecule has 0 atom stereocenters. The molecule has 1 aromatic carbocycles. The lowest BCUT2D eigenvalue weighted by Crippen LogP contribution is -2.25. The molecule has 2 N–H and O–H groups in total. The van der Waals surface area contributed by atoms with Crippen molar-refractivity contribution in [1.82, 2.24) is 15.3 Å². The van der Waals surface area contributed by atoms with E-state index in [0.717, 1.165) is 18.5 Å². The number of aromatic nitrogens is 2. The van der Waals surface area contributed by atoms with Crippen molar-refractivity contribution in [2.45, 2.75) is 18.9 Å². The number of carbonyl (C=O) groups excluding carboxylic acids is 1. The van der Waals surface area contributed by atoms with Crippen LogP contribution in [0, 0.1) is 0 Å². The van der Waals surface area contributed by atoms with Crippen LogP contribution in [0.3, 0.4) is 0 Å². The van der Waals surface area contributed by atoms with E-state index in [2.05, 4.69) is 20.6 Å². The number of amides is 1. The summed E-state index contributed by atoms with van der Waals surface area (Å²) in [5.41, 5.74) is 1.27. The summed E-state index contributed by atoms with van der Waals surface area (Å²) < 4.78 is 0. The van der Waals surface area contributed by atoms with Crippen LogP contribution in [0.1, 0.15) is 23.2 Å². The molecule has 102 valence electrons. The Kier molecular flexibility index (Phi) is 3.52. The standard InChI is InChI=1S/C14H13ClN4O/c15-10-2-1-3-12(6-10)19-14-16-7-9(8-17-14)13(20)18-11-4-5-11/h1-3,6-8,11H,4-5H2,(H,18,20)(H,16,17,19). The second-order valence-electron chi connectivity index (χ2n) is 4.68. The summed E-state index contributed by atoms with van der Waals surface area (Å²) in [5, 5.41) is 6.55. The van der Waals surface area contributed by atoms with Gasteiger partial charge in [-0.15, -0.1) is 0 Å². The molecule has 20 heavy (non-hydrogen) atoms. The molecule has 1 heterocycles. The Balaban J connectivity index is 1.67. The molecule has 3 rings (SSSR count). The number of nitrogens with zero attached hydrogens (tertiary/aromatic N) is 2. The van der Waals surface area contributed by atoms with E-state index in [1.807, 2.05) is 12.1 Å². The zero-order chi connectivity index (χ0) is 13.9. The number of carbonyl (C=O) groups is 1. The van der Waals surface area contributed by atoms with Gasteiger partial charge in [-0.25, -0.2) is 9.97 Å². The molecule has 0 bridgehead atoms. The lowest BCUT2D eigenvalue weighted by Gasteiger charge is -2.06. The fourth-order valence-corrected chi connectivity index (χ4v) is 1.89. The Morgan fingerprint density at radius 1 is 1.25 bits per heavy atom. The number of benzene rings is 1. The van der Waals surface area contributed by atoms with Crippen molar-refractivity contribution in [3.63, 3.8) is 0 Å². The average Bonchev–Trinajstić information content (AvgIpc) is 3.23. The number of nitrogens with one attached hydrogen (secondary N) is 2. The number of halogens is 1. The van der Waals surface area contributed by atoms with Gasteiger partial charge in [0.15, 0.2) is 0 Å². The molecule has 0 saturated heterocycles. The number of anilines is 2. The molecule has 1 aliphatic rings. The van der Waals surface area contributed by atoms with Crippen LogP contribution < -0.4 is 10.6 Å². The van der Waals surface area contributed by atoms with E-state index in [9.17, 15) is 4.79 Å². The van der Waals surface area contributed by atoms with Crippen molar-refractivity contribution < 1.29 is 4.79 Å². The SMILES string of the molecule is O=C(NC1CC1)c1cnc(Nc2cccc(Cl)c2)nc1. The predicted octanol–water partition coefficient (Wildman–Crippen LogP) is 2.77. The summed E-state index contributed by atoms with van der Waals surface area (Å²) in [6, 6.07) is 7.59. The molecule has 5 nitrogen and oxygen atoms in total. The highest BCUT2D eigenvalue weighted by Crippen LogP contribution is 2.20. The first-order valence-corrected chi connectivity index (χ1v) is 6.74. The van der Waals surface area contributed by atoms with Crippen molar-refractivity contribution in [2.75, 3.05) is 5.32 Å². The van der Waals surface area contributed by atoms with Crippen molar-refractivity contribution >= 4 is 29.1 Å². The highest BCUT2D eigenvalue weighted by atomic mass is 35.5. The zero-order valence-electron chi connectivity index (χ0n) is 10.6. The predicted molar refractivity (Wildman–Crippen MR) is 77.3 cm³/mol. The highest BCUT2D eigenvalue weighted by Gasteiger charge is 2.23. The van der Waals surface area contributed by atoms with E-state index in [4.69, 9.17) is 11.6 Å². The summed E-state index contributed by atoms with van der Waals surface area (Å²) in [6.45, 7) is 0. The van der Waals surface area contributed by atoms with Crippen LogP contribution >= 0.6 is 11.6 Å². The third-order valence-electron chi connectivity index (χ3n) is 2.91. The minimum absolute atomic E-state index is 0.123. The van der Waals surface area contributed by atoms with Crippen molar-refractivity contribution in [3.05, 3.63) is 47.2 Å². The van der Waals surface area contributed by atoms with Gasteiger partial charge in [0, 0.05) is 29.1 Å². The molecule has 6 heteroatoms. The number of rotatable bonds is 4. The average molecular weight is 289 g/mol. The third kappa shape index (κ3) is 3.24. The molecule has 2 aromatic rings. The van der Waals surface area contributed by atoms with Crippen molar-refractivity contribution in [1.29, 1.82) is 0 Å².